The van der Waals surface area contributed by atoms with E-state index in [1.165, 1.54) is 57.8 Å². The second-order valence-electron chi connectivity index (χ2n) is 10.4. The molecule has 4 rings (SSSR count). The van der Waals surface area contributed by atoms with E-state index >= 15 is 0 Å². The Labute approximate surface area is 154 Å². The molecule has 0 aromatic heterocycles. The predicted molar refractivity (Wildman–Crippen MR) is 101 cm³/mol. The van der Waals surface area contributed by atoms with Crippen LogP contribution < -0.4 is 0 Å². The highest BCUT2D eigenvalue weighted by Gasteiger charge is 2.62. The van der Waals surface area contributed by atoms with Gasteiger partial charge in [0.25, 0.3) is 0 Å². The first-order valence-corrected chi connectivity index (χ1v) is 11.1. The topological polar surface area (TPSA) is 26.3 Å². The molecular formula is C23H38O2. The summed E-state index contributed by atoms with van der Waals surface area (Å²) in [6.45, 7) is 9.12. The summed E-state index contributed by atoms with van der Waals surface area (Å²) in [7, 11) is 0. The quantitative estimate of drug-likeness (QED) is 0.574. The molecule has 4 aliphatic rings. The third kappa shape index (κ3) is 2.60. The van der Waals surface area contributed by atoms with Gasteiger partial charge in [0.15, 0.2) is 0 Å². The van der Waals surface area contributed by atoms with E-state index in [1.54, 1.807) is 6.92 Å². The van der Waals surface area contributed by atoms with Gasteiger partial charge in [-0.1, -0.05) is 40.0 Å². The van der Waals surface area contributed by atoms with Gasteiger partial charge in [0, 0.05) is 12.8 Å². The minimum Gasteiger partial charge on any atom is -0.462 e. The average molecular weight is 347 g/mol. The van der Waals surface area contributed by atoms with E-state index in [0.717, 1.165) is 30.1 Å². The minimum atomic E-state index is -0.0659. The van der Waals surface area contributed by atoms with Crippen LogP contribution in [-0.2, 0) is 9.53 Å². The van der Waals surface area contributed by atoms with Crippen LogP contribution in [0.4, 0.5) is 0 Å². The lowest BCUT2D eigenvalue weighted by Crippen LogP contribution is -2.54. The summed E-state index contributed by atoms with van der Waals surface area (Å²) in [6.07, 6.45) is 13.9. The number of hydrogen-bond donors (Lipinski definition) is 0. The second-order valence-corrected chi connectivity index (χ2v) is 10.4. The van der Waals surface area contributed by atoms with E-state index < -0.39 is 0 Å². The molecule has 4 saturated carbocycles. The number of esters is 1. The van der Waals surface area contributed by atoms with Crippen molar-refractivity contribution in [1.29, 1.82) is 0 Å². The lowest BCUT2D eigenvalue weighted by molar-refractivity contribution is -0.161. The van der Waals surface area contributed by atoms with Crippen molar-refractivity contribution in [2.45, 2.75) is 98.0 Å². The molecule has 0 bridgehead atoms. The van der Waals surface area contributed by atoms with E-state index in [2.05, 4.69) is 20.8 Å². The highest BCUT2D eigenvalue weighted by atomic mass is 16.5. The molecule has 0 aromatic carbocycles. The zero-order chi connectivity index (χ0) is 17.8. The highest BCUT2D eigenvalue weighted by Crippen LogP contribution is 2.68. The highest BCUT2D eigenvalue weighted by molar-refractivity contribution is 5.66. The van der Waals surface area contributed by atoms with Gasteiger partial charge >= 0.3 is 5.97 Å². The molecule has 0 saturated heterocycles. The van der Waals surface area contributed by atoms with E-state index in [0.29, 0.717) is 16.7 Å². The van der Waals surface area contributed by atoms with Crippen molar-refractivity contribution in [2.75, 3.05) is 0 Å². The van der Waals surface area contributed by atoms with Crippen LogP contribution >= 0.6 is 0 Å². The van der Waals surface area contributed by atoms with Gasteiger partial charge in [0.1, 0.15) is 6.10 Å². The Kier molecular flexibility index (Phi) is 4.48. The summed E-state index contributed by atoms with van der Waals surface area (Å²) in [4.78, 5) is 11.8. The molecule has 0 N–H and O–H groups in total. The number of rotatable bonds is 2. The summed E-state index contributed by atoms with van der Waals surface area (Å²) >= 11 is 0. The number of carbonyl (C=O) groups excluding carboxylic acids is 1. The molecular weight excluding hydrogens is 308 g/mol. The minimum absolute atomic E-state index is 0.0659. The van der Waals surface area contributed by atoms with Crippen LogP contribution in [0.2, 0.25) is 0 Å². The van der Waals surface area contributed by atoms with Crippen LogP contribution in [-0.4, -0.2) is 12.1 Å². The van der Waals surface area contributed by atoms with Crippen molar-refractivity contribution in [2.24, 2.45) is 40.4 Å². The maximum atomic E-state index is 11.8. The molecule has 4 fully saturated rings. The molecule has 25 heavy (non-hydrogen) atoms. The average Bonchev–Trinajstić information content (AvgIpc) is 2.85. The molecule has 2 nitrogen and oxygen atoms in total. The first-order valence-electron chi connectivity index (χ1n) is 11.1. The molecule has 0 heterocycles. The van der Waals surface area contributed by atoms with Gasteiger partial charge in [-0.05, 0) is 79.4 Å². The number of ether oxygens (including phenoxy) is 1. The van der Waals surface area contributed by atoms with E-state index in [-0.39, 0.29) is 12.1 Å². The normalized spacial score (nSPS) is 52.0. The standard InChI is InChI=1S/C23H38O2/c1-5-16-14-20(25-15(2)24)21-18-10-9-17-8-6-7-12-22(17,3)19(18)11-13-23(16,21)4/h16-21H,5-14H2,1-4H3/t16-,17?,18+,19-,20?,21+,22-,23+/m0/s1. The van der Waals surface area contributed by atoms with Crippen molar-refractivity contribution in [1.82, 2.24) is 0 Å². The zero-order valence-corrected chi connectivity index (χ0v) is 16.9. The Balaban J connectivity index is 1.67. The predicted octanol–water partition coefficient (Wildman–Crippen LogP) is 5.99. The van der Waals surface area contributed by atoms with Gasteiger partial charge in [0.2, 0.25) is 0 Å². The molecule has 2 unspecified atom stereocenters. The van der Waals surface area contributed by atoms with E-state index in [1.807, 2.05) is 0 Å². The Morgan fingerprint density at radius 2 is 1.84 bits per heavy atom. The molecule has 4 aliphatic carbocycles. The maximum absolute atomic E-state index is 11.8. The number of carbonyl (C=O) groups is 1. The first kappa shape index (κ1) is 17.9. The number of fused-ring (bicyclic) bond motifs is 5. The SMILES string of the molecule is CC[C@H]1CC(OC(C)=O)[C@H]2[C@@H]3CCC4CCCC[C@]4(C)[C@H]3CC[C@]12C. The Morgan fingerprint density at radius 3 is 2.56 bits per heavy atom. The third-order valence-corrected chi connectivity index (χ3v) is 9.54. The third-order valence-electron chi connectivity index (χ3n) is 9.54. The molecule has 0 amide bonds. The first-order chi connectivity index (χ1) is 11.9. The van der Waals surface area contributed by atoms with Crippen molar-refractivity contribution < 1.29 is 9.53 Å². The van der Waals surface area contributed by atoms with Crippen molar-refractivity contribution in [3.8, 4) is 0 Å². The fraction of sp³-hybridized carbons (Fsp3) is 0.957. The van der Waals surface area contributed by atoms with Crippen LogP contribution in [0.3, 0.4) is 0 Å². The Hall–Kier alpha value is -0.530. The molecule has 0 aliphatic heterocycles. The maximum Gasteiger partial charge on any atom is 0.302 e. The van der Waals surface area contributed by atoms with Crippen LogP contribution in [0, 0.1) is 40.4 Å². The monoisotopic (exact) mass is 346 g/mol. The summed E-state index contributed by atoms with van der Waals surface area (Å²) in [5, 5.41) is 0. The fourth-order valence-electron chi connectivity index (χ4n) is 8.41. The lowest BCUT2D eigenvalue weighted by Gasteiger charge is -2.60. The van der Waals surface area contributed by atoms with E-state index in [4.69, 9.17) is 4.74 Å². The Morgan fingerprint density at radius 1 is 1.04 bits per heavy atom. The largest absolute Gasteiger partial charge is 0.462 e. The lowest BCUT2D eigenvalue weighted by atomic mass is 9.44. The molecule has 0 spiro atoms. The molecule has 0 radical (unpaired) electrons. The smallest absolute Gasteiger partial charge is 0.302 e. The van der Waals surface area contributed by atoms with Gasteiger partial charge in [0.05, 0.1) is 0 Å². The van der Waals surface area contributed by atoms with Crippen molar-refractivity contribution >= 4 is 5.97 Å². The van der Waals surface area contributed by atoms with Gasteiger partial charge in [-0.15, -0.1) is 0 Å². The second kappa shape index (κ2) is 6.27. The van der Waals surface area contributed by atoms with Crippen LogP contribution in [0.1, 0.15) is 91.9 Å². The summed E-state index contributed by atoms with van der Waals surface area (Å²) < 4.78 is 5.96. The van der Waals surface area contributed by atoms with Gasteiger partial charge in [-0.2, -0.15) is 0 Å². The zero-order valence-electron chi connectivity index (χ0n) is 16.9. The summed E-state index contributed by atoms with van der Waals surface area (Å²) in [5.41, 5.74) is 0.960. The summed E-state index contributed by atoms with van der Waals surface area (Å²) in [6, 6.07) is 0. The van der Waals surface area contributed by atoms with Crippen LogP contribution in [0.25, 0.3) is 0 Å². The summed E-state index contributed by atoms with van der Waals surface area (Å²) in [5.74, 6) is 3.91. The molecule has 142 valence electrons. The van der Waals surface area contributed by atoms with Gasteiger partial charge in [-0.25, -0.2) is 0 Å². The molecule has 8 atom stereocenters. The van der Waals surface area contributed by atoms with Crippen LogP contribution in [0.15, 0.2) is 0 Å². The number of hydrogen-bond acceptors (Lipinski definition) is 2. The van der Waals surface area contributed by atoms with Crippen molar-refractivity contribution in [3.63, 3.8) is 0 Å². The molecule has 0 aromatic rings. The van der Waals surface area contributed by atoms with Gasteiger partial charge < -0.3 is 4.74 Å². The van der Waals surface area contributed by atoms with E-state index in [9.17, 15) is 4.79 Å². The van der Waals surface area contributed by atoms with Crippen LogP contribution in [0.5, 0.6) is 0 Å². The van der Waals surface area contributed by atoms with Gasteiger partial charge in [-0.3, -0.25) is 4.79 Å². The fourth-order valence-corrected chi connectivity index (χ4v) is 8.41. The van der Waals surface area contributed by atoms with Crippen molar-refractivity contribution in [3.05, 3.63) is 0 Å². The Bertz CT molecular complexity index is 528. The molecule has 2 heteroatoms.